The molecule has 0 spiro atoms. The summed E-state index contributed by atoms with van der Waals surface area (Å²) in [4.78, 5) is 0. The molecule has 1 N–H and O–H groups in total. The molecule has 4 atom stereocenters. The molecule has 0 fully saturated rings. The van der Waals surface area contributed by atoms with Gasteiger partial charge in [0.25, 0.3) is 0 Å². The maximum Gasteiger partial charge on any atom is 0.125 e. The summed E-state index contributed by atoms with van der Waals surface area (Å²) < 4.78 is 11.8. The molecule has 0 amide bonds. The second-order valence-corrected chi connectivity index (χ2v) is 9.88. The van der Waals surface area contributed by atoms with Gasteiger partial charge in [-0.1, -0.05) is 106 Å². The van der Waals surface area contributed by atoms with Crippen LogP contribution in [0, 0.1) is 0 Å². The normalized spacial score (nSPS) is 21.0. The summed E-state index contributed by atoms with van der Waals surface area (Å²) in [6, 6.07) is 32.8. The van der Waals surface area contributed by atoms with Crippen LogP contribution in [0.4, 0.5) is 0 Å². The van der Waals surface area contributed by atoms with Gasteiger partial charge in [-0.2, -0.15) is 0 Å². The molecule has 0 saturated heterocycles. The van der Waals surface area contributed by atoms with E-state index in [0.29, 0.717) is 25.0 Å². The van der Waals surface area contributed by atoms with Crippen molar-refractivity contribution in [2.24, 2.45) is 0 Å². The molecule has 3 nitrogen and oxygen atoms in total. The van der Waals surface area contributed by atoms with E-state index < -0.39 is 0 Å². The Balaban J connectivity index is 0.000000148. The number of fused-ring (bicyclic) bond motifs is 2. The number of benzene rings is 4. The van der Waals surface area contributed by atoms with Gasteiger partial charge in [-0.05, 0) is 46.2 Å². The Bertz CT molecular complexity index is 1200. The molecule has 36 heavy (non-hydrogen) atoms. The summed E-state index contributed by atoms with van der Waals surface area (Å²) in [6.45, 7) is 7.79. The van der Waals surface area contributed by atoms with Gasteiger partial charge in [0, 0.05) is 17.0 Å². The van der Waals surface area contributed by atoms with Crippen LogP contribution < -0.4 is 9.47 Å². The van der Waals surface area contributed by atoms with Crippen molar-refractivity contribution in [3.8, 4) is 11.5 Å². The van der Waals surface area contributed by atoms with Crippen LogP contribution in [0.25, 0.3) is 0 Å². The van der Waals surface area contributed by atoms with Gasteiger partial charge in [0.2, 0.25) is 0 Å². The minimum atomic E-state index is -0.382. The van der Waals surface area contributed by atoms with Gasteiger partial charge in [0.1, 0.15) is 24.7 Å². The predicted molar refractivity (Wildman–Crippen MR) is 145 cm³/mol. The third kappa shape index (κ3) is 4.76. The van der Waals surface area contributed by atoms with E-state index in [9.17, 15) is 5.11 Å². The zero-order chi connectivity index (χ0) is 25.1. The van der Waals surface area contributed by atoms with Gasteiger partial charge in [-0.15, -0.1) is 0 Å². The molecule has 0 unspecified atom stereocenters. The lowest BCUT2D eigenvalue weighted by Crippen LogP contribution is -2.22. The Labute approximate surface area is 214 Å². The third-order valence-corrected chi connectivity index (χ3v) is 7.63. The van der Waals surface area contributed by atoms with Crippen LogP contribution in [-0.2, 0) is 13.2 Å². The summed E-state index contributed by atoms with van der Waals surface area (Å²) in [5.74, 6) is 3.37. The molecule has 2 aliphatic carbocycles. The minimum absolute atomic E-state index is 0.222. The van der Waals surface area contributed by atoms with Gasteiger partial charge in [0.05, 0.1) is 6.10 Å². The number of ether oxygens (including phenoxy) is 2. The van der Waals surface area contributed by atoms with Gasteiger partial charge in [-0.3, -0.25) is 0 Å². The lowest BCUT2D eigenvalue weighted by atomic mass is 9.69. The van der Waals surface area contributed by atoms with Crippen LogP contribution in [0.3, 0.4) is 0 Å². The first-order valence-corrected chi connectivity index (χ1v) is 12.8. The van der Waals surface area contributed by atoms with Crippen molar-refractivity contribution < 1.29 is 14.6 Å². The molecule has 6 rings (SSSR count). The number of aliphatic hydroxyl groups excluding tert-OH is 1. The van der Waals surface area contributed by atoms with Gasteiger partial charge < -0.3 is 14.6 Å². The van der Waals surface area contributed by atoms with Crippen LogP contribution >= 0.6 is 0 Å². The SMILES string of the molecule is C[C@H]1c2cccc(OCc3ccccc3)c2[C@@H]1C.C[C@H]1c2cccc(OCc3ccccc3)c2[C@@H]1O. The van der Waals surface area contributed by atoms with Crippen LogP contribution in [0.5, 0.6) is 11.5 Å². The van der Waals surface area contributed by atoms with Crippen molar-refractivity contribution in [2.75, 3.05) is 0 Å². The largest absolute Gasteiger partial charge is 0.489 e. The fourth-order valence-electron chi connectivity index (χ4n) is 5.19. The molecule has 0 heterocycles. The van der Waals surface area contributed by atoms with E-state index in [2.05, 4.69) is 50.2 Å². The van der Waals surface area contributed by atoms with Crippen molar-refractivity contribution in [3.63, 3.8) is 0 Å². The zero-order valence-corrected chi connectivity index (χ0v) is 21.2. The van der Waals surface area contributed by atoms with E-state index >= 15 is 0 Å². The molecular formula is C33H34O3. The maximum atomic E-state index is 9.97. The fourth-order valence-corrected chi connectivity index (χ4v) is 5.19. The Hall–Kier alpha value is -3.56. The zero-order valence-electron chi connectivity index (χ0n) is 21.2. The molecule has 0 aliphatic heterocycles. The van der Waals surface area contributed by atoms with Crippen LogP contribution in [0.1, 0.15) is 78.0 Å². The number of hydrogen-bond donors (Lipinski definition) is 1. The summed E-state index contributed by atoms with van der Waals surface area (Å²) in [5, 5.41) is 9.97. The van der Waals surface area contributed by atoms with E-state index in [0.717, 1.165) is 22.6 Å². The second kappa shape index (κ2) is 10.6. The fraction of sp³-hybridized carbons (Fsp3) is 0.273. The van der Waals surface area contributed by atoms with Gasteiger partial charge in [-0.25, -0.2) is 0 Å². The van der Waals surface area contributed by atoms with Crippen molar-refractivity contribution in [3.05, 3.63) is 130 Å². The molecule has 0 saturated carbocycles. The first-order valence-electron chi connectivity index (χ1n) is 12.8. The summed E-state index contributed by atoms with van der Waals surface area (Å²) >= 11 is 0. The highest BCUT2D eigenvalue weighted by Gasteiger charge is 2.35. The lowest BCUT2D eigenvalue weighted by Gasteiger charge is -2.36. The van der Waals surface area contributed by atoms with E-state index in [1.165, 1.54) is 22.3 Å². The lowest BCUT2D eigenvalue weighted by molar-refractivity contribution is 0.116. The highest BCUT2D eigenvalue weighted by atomic mass is 16.5. The van der Waals surface area contributed by atoms with Crippen LogP contribution in [-0.4, -0.2) is 5.11 Å². The minimum Gasteiger partial charge on any atom is -0.489 e. The average Bonchev–Trinajstić information content (AvgIpc) is 2.95. The Morgan fingerprint density at radius 3 is 1.53 bits per heavy atom. The summed E-state index contributed by atoms with van der Waals surface area (Å²) in [6.07, 6.45) is -0.382. The molecule has 2 aliphatic rings. The summed E-state index contributed by atoms with van der Waals surface area (Å²) in [5.41, 5.74) is 7.37. The standard InChI is InChI=1S/C17H18O.C16H16O2/c1-12-13(2)17-15(12)9-6-10-16(17)18-11-14-7-4-3-5-8-14;1-11-13-8-5-9-14(15(13)16(11)17)18-10-12-6-3-2-4-7-12/h3-10,12-13H,11H2,1-2H3;2-9,11,16-17H,10H2,1H3/t12-,13-;11-,16+/m10/s1. The van der Waals surface area contributed by atoms with Crippen LogP contribution in [0.15, 0.2) is 97.1 Å². The van der Waals surface area contributed by atoms with Crippen molar-refractivity contribution >= 4 is 0 Å². The molecular weight excluding hydrogens is 444 g/mol. The third-order valence-electron chi connectivity index (χ3n) is 7.63. The van der Waals surface area contributed by atoms with Gasteiger partial charge >= 0.3 is 0 Å². The van der Waals surface area contributed by atoms with Crippen molar-refractivity contribution in [2.45, 2.75) is 57.8 Å². The van der Waals surface area contributed by atoms with Gasteiger partial charge in [0.15, 0.2) is 0 Å². The molecule has 0 bridgehead atoms. The number of aliphatic hydroxyl groups is 1. The van der Waals surface area contributed by atoms with Crippen molar-refractivity contribution in [1.29, 1.82) is 0 Å². The predicted octanol–water partition coefficient (Wildman–Crippen LogP) is 7.90. The molecule has 0 aromatic heterocycles. The van der Waals surface area contributed by atoms with E-state index in [1.807, 2.05) is 67.6 Å². The quantitative estimate of drug-likeness (QED) is 0.306. The topological polar surface area (TPSA) is 38.7 Å². The molecule has 0 radical (unpaired) electrons. The number of hydrogen-bond acceptors (Lipinski definition) is 3. The molecule has 4 aromatic carbocycles. The van der Waals surface area contributed by atoms with E-state index in [4.69, 9.17) is 9.47 Å². The Morgan fingerprint density at radius 1 is 0.528 bits per heavy atom. The average molecular weight is 479 g/mol. The highest BCUT2D eigenvalue weighted by Crippen LogP contribution is 2.50. The van der Waals surface area contributed by atoms with E-state index in [1.54, 1.807) is 0 Å². The van der Waals surface area contributed by atoms with Crippen molar-refractivity contribution in [1.82, 2.24) is 0 Å². The maximum absolute atomic E-state index is 9.97. The monoisotopic (exact) mass is 478 g/mol. The highest BCUT2D eigenvalue weighted by molar-refractivity contribution is 5.53. The molecule has 3 heteroatoms. The number of rotatable bonds is 6. The first kappa shape index (κ1) is 24.1. The second-order valence-electron chi connectivity index (χ2n) is 9.88. The van der Waals surface area contributed by atoms with E-state index in [-0.39, 0.29) is 12.0 Å². The Morgan fingerprint density at radius 2 is 1.00 bits per heavy atom. The molecule has 184 valence electrons. The van der Waals surface area contributed by atoms with Crippen LogP contribution in [0.2, 0.25) is 0 Å². The molecule has 4 aromatic rings. The summed E-state index contributed by atoms with van der Waals surface area (Å²) in [7, 11) is 0. The Kier molecular flexibility index (Phi) is 7.11. The first-order chi connectivity index (χ1) is 17.5. The smallest absolute Gasteiger partial charge is 0.125 e.